The van der Waals surface area contributed by atoms with E-state index in [1.165, 1.54) is 18.2 Å². The number of nitrogens with one attached hydrogen (secondary N) is 1. The molecule has 0 fully saturated rings. The third kappa shape index (κ3) is 1.29. The fourth-order valence-corrected chi connectivity index (χ4v) is 1.16. The molecule has 0 bridgehead atoms. The van der Waals surface area contributed by atoms with Crippen molar-refractivity contribution in [3.05, 3.63) is 23.8 Å². The second-order valence-corrected chi connectivity index (χ2v) is 2.66. The first-order chi connectivity index (χ1) is 6.16. The van der Waals surface area contributed by atoms with Gasteiger partial charge in [0.15, 0.2) is 6.23 Å². The molecule has 0 saturated heterocycles. The molecule has 13 heavy (non-hydrogen) atoms. The molecule has 1 heterocycles. The van der Waals surface area contributed by atoms with Crippen molar-refractivity contribution < 1.29 is 19.7 Å². The highest BCUT2D eigenvalue weighted by Crippen LogP contribution is 2.30. The van der Waals surface area contributed by atoms with Gasteiger partial charge >= 0.3 is 6.09 Å². The number of carbonyl (C=O) groups excluding carboxylic acids is 1. The first-order valence-corrected chi connectivity index (χ1v) is 3.66. The Morgan fingerprint density at radius 1 is 1.46 bits per heavy atom. The summed E-state index contributed by atoms with van der Waals surface area (Å²) in [7, 11) is 0. The molecule has 5 heteroatoms. The predicted molar refractivity (Wildman–Crippen MR) is 42.2 cm³/mol. The Hall–Kier alpha value is -1.75. The van der Waals surface area contributed by atoms with E-state index in [4.69, 9.17) is 9.84 Å². The highest BCUT2D eigenvalue weighted by atomic mass is 16.6. The number of rotatable bonds is 0. The van der Waals surface area contributed by atoms with E-state index in [9.17, 15) is 9.90 Å². The number of benzene rings is 1. The maximum absolute atomic E-state index is 10.8. The number of phenolic OH excluding ortho intramolecular Hbond substituents is 1. The van der Waals surface area contributed by atoms with Gasteiger partial charge in [0.25, 0.3) is 0 Å². The number of ether oxygens (including phenoxy) is 1. The van der Waals surface area contributed by atoms with Gasteiger partial charge in [0.1, 0.15) is 11.5 Å². The number of hydrogen-bond donors (Lipinski definition) is 3. The molecule has 2 rings (SSSR count). The summed E-state index contributed by atoms with van der Waals surface area (Å²) >= 11 is 0. The van der Waals surface area contributed by atoms with Crippen molar-refractivity contribution in [1.82, 2.24) is 5.32 Å². The maximum Gasteiger partial charge on any atom is 0.414 e. The monoisotopic (exact) mass is 181 g/mol. The van der Waals surface area contributed by atoms with Crippen molar-refractivity contribution in [3.63, 3.8) is 0 Å². The number of fused-ring (bicyclic) bond motifs is 1. The van der Waals surface area contributed by atoms with Gasteiger partial charge in [0.2, 0.25) is 0 Å². The molecular formula is C8H7NO4. The second-order valence-electron chi connectivity index (χ2n) is 2.66. The molecule has 1 aliphatic rings. The molecule has 68 valence electrons. The smallest absolute Gasteiger partial charge is 0.414 e. The summed E-state index contributed by atoms with van der Waals surface area (Å²) < 4.78 is 4.74. The zero-order valence-corrected chi connectivity index (χ0v) is 6.52. The second kappa shape index (κ2) is 2.63. The van der Waals surface area contributed by atoms with Gasteiger partial charge < -0.3 is 14.9 Å². The minimum absolute atomic E-state index is 0.0116. The van der Waals surface area contributed by atoms with Crippen LogP contribution < -0.4 is 10.1 Å². The topological polar surface area (TPSA) is 78.8 Å². The molecule has 0 saturated carbocycles. The average molecular weight is 181 g/mol. The van der Waals surface area contributed by atoms with E-state index in [-0.39, 0.29) is 11.5 Å². The highest BCUT2D eigenvalue weighted by molar-refractivity contribution is 5.73. The minimum atomic E-state index is -1.12. The van der Waals surface area contributed by atoms with E-state index in [2.05, 4.69) is 5.32 Å². The summed E-state index contributed by atoms with van der Waals surface area (Å²) in [5, 5.41) is 20.6. The molecule has 5 nitrogen and oxygen atoms in total. The van der Waals surface area contributed by atoms with Crippen LogP contribution in [-0.2, 0) is 0 Å². The van der Waals surface area contributed by atoms with Crippen LogP contribution >= 0.6 is 0 Å². The van der Waals surface area contributed by atoms with Crippen LogP contribution in [0.2, 0.25) is 0 Å². The third-order valence-corrected chi connectivity index (χ3v) is 1.75. The first-order valence-electron chi connectivity index (χ1n) is 3.66. The van der Waals surface area contributed by atoms with Gasteiger partial charge in [-0.25, -0.2) is 4.79 Å². The van der Waals surface area contributed by atoms with E-state index in [0.29, 0.717) is 5.56 Å². The zero-order valence-electron chi connectivity index (χ0n) is 6.52. The first kappa shape index (κ1) is 7.88. The van der Waals surface area contributed by atoms with E-state index in [1.54, 1.807) is 0 Å². The summed E-state index contributed by atoms with van der Waals surface area (Å²) in [4.78, 5) is 10.8. The van der Waals surface area contributed by atoms with Crippen molar-refractivity contribution >= 4 is 6.09 Å². The van der Waals surface area contributed by atoms with Crippen molar-refractivity contribution in [2.75, 3.05) is 0 Å². The predicted octanol–water partition coefficient (Wildman–Crippen LogP) is 0.485. The quantitative estimate of drug-likeness (QED) is 0.544. The number of amides is 1. The Bertz CT molecular complexity index is 363. The molecule has 1 aliphatic heterocycles. The van der Waals surface area contributed by atoms with Crippen LogP contribution in [0.5, 0.6) is 11.5 Å². The van der Waals surface area contributed by atoms with Gasteiger partial charge in [0, 0.05) is 5.56 Å². The molecule has 0 aliphatic carbocycles. The number of phenols is 1. The standard InChI is InChI=1S/C8H7NO4/c10-4-1-2-6-5(3-4)7(11)9-8(12)13-6/h1-3,7,10-11H,(H,9,12)/t7-/m1/s1. The van der Waals surface area contributed by atoms with Gasteiger partial charge in [-0.05, 0) is 18.2 Å². The van der Waals surface area contributed by atoms with Gasteiger partial charge in [-0.2, -0.15) is 0 Å². The lowest BCUT2D eigenvalue weighted by molar-refractivity contribution is 0.108. The summed E-state index contributed by atoms with van der Waals surface area (Å²) in [6.45, 7) is 0. The lowest BCUT2D eigenvalue weighted by Gasteiger charge is -2.21. The van der Waals surface area contributed by atoms with Crippen LogP contribution in [0.15, 0.2) is 18.2 Å². The summed E-state index contributed by atoms with van der Waals surface area (Å²) in [5.41, 5.74) is 0.347. The van der Waals surface area contributed by atoms with Crippen LogP contribution in [0.3, 0.4) is 0 Å². The largest absolute Gasteiger partial charge is 0.508 e. The van der Waals surface area contributed by atoms with E-state index < -0.39 is 12.3 Å². The Morgan fingerprint density at radius 3 is 3.00 bits per heavy atom. The molecule has 0 spiro atoms. The number of aromatic hydroxyl groups is 1. The lowest BCUT2D eigenvalue weighted by atomic mass is 10.1. The number of carbonyl (C=O) groups is 1. The molecule has 1 amide bonds. The van der Waals surface area contributed by atoms with Gasteiger partial charge in [-0.3, -0.25) is 5.32 Å². The van der Waals surface area contributed by atoms with E-state index >= 15 is 0 Å². The molecule has 1 atom stereocenters. The van der Waals surface area contributed by atoms with Crippen molar-refractivity contribution in [3.8, 4) is 11.5 Å². The van der Waals surface area contributed by atoms with Crippen molar-refractivity contribution in [1.29, 1.82) is 0 Å². The molecule has 0 aromatic heterocycles. The normalized spacial score (nSPS) is 20.1. The third-order valence-electron chi connectivity index (χ3n) is 1.75. The van der Waals surface area contributed by atoms with Gasteiger partial charge in [-0.1, -0.05) is 0 Å². The van der Waals surface area contributed by atoms with Crippen LogP contribution in [0.4, 0.5) is 4.79 Å². The Kier molecular flexibility index (Phi) is 1.60. The molecular weight excluding hydrogens is 174 g/mol. The van der Waals surface area contributed by atoms with Gasteiger partial charge in [-0.15, -0.1) is 0 Å². The van der Waals surface area contributed by atoms with Crippen LogP contribution in [0, 0.1) is 0 Å². The average Bonchev–Trinajstić information content (AvgIpc) is 2.06. The van der Waals surface area contributed by atoms with E-state index in [0.717, 1.165) is 0 Å². The minimum Gasteiger partial charge on any atom is -0.508 e. The lowest BCUT2D eigenvalue weighted by Crippen LogP contribution is -2.35. The summed E-state index contributed by atoms with van der Waals surface area (Å²) in [6.07, 6.45) is -1.82. The fraction of sp³-hybridized carbons (Fsp3) is 0.125. The Balaban J connectivity index is 2.49. The molecule has 0 radical (unpaired) electrons. The number of aliphatic hydroxyl groups excluding tert-OH is 1. The van der Waals surface area contributed by atoms with Crippen LogP contribution in [-0.4, -0.2) is 16.3 Å². The number of hydrogen-bond acceptors (Lipinski definition) is 4. The SMILES string of the molecule is O=C1N[C@H](O)c2cc(O)ccc2O1. The van der Waals surface area contributed by atoms with Crippen molar-refractivity contribution in [2.45, 2.75) is 6.23 Å². The molecule has 1 aromatic carbocycles. The molecule has 3 N–H and O–H groups in total. The van der Waals surface area contributed by atoms with Crippen LogP contribution in [0.25, 0.3) is 0 Å². The molecule has 0 unspecified atom stereocenters. The fourth-order valence-electron chi connectivity index (χ4n) is 1.16. The maximum atomic E-state index is 10.8. The summed E-state index contributed by atoms with van der Waals surface area (Å²) in [5.74, 6) is 0.270. The summed E-state index contributed by atoms with van der Waals surface area (Å²) in [6, 6.07) is 4.14. The van der Waals surface area contributed by atoms with Crippen molar-refractivity contribution in [2.24, 2.45) is 0 Å². The highest BCUT2D eigenvalue weighted by Gasteiger charge is 2.24. The van der Waals surface area contributed by atoms with Gasteiger partial charge in [0.05, 0.1) is 0 Å². The Labute approximate surface area is 73.6 Å². The Morgan fingerprint density at radius 2 is 2.23 bits per heavy atom. The van der Waals surface area contributed by atoms with E-state index in [1.807, 2.05) is 0 Å². The van der Waals surface area contributed by atoms with Crippen LogP contribution in [0.1, 0.15) is 11.8 Å². The number of aliphatic hydroxyl groups is 1. The molecule has 1 aromatic rings. The zero-order chi connectivity index (χ0) is 9.42.